The van der Waals surface area contributed by atoms with Crippen LogP contribution in [0.15, 0.2) is 22.7 Å². The molecule has 1 aromatic rings. The van der Waals surface area contributed by atoms with Crippen LogP contribution in [0.2, 0.25) is 0 Å². The highest BCUT2D eigenvalue weighted by Gasteiger charge is 2.24. The second-order valence-corrected chi connectivity index (χ2v) is 5.72. The van der Waals surface area contributed by atoms with Crippen LogP contribution in [0.5, 0.6) is 0 Å². The van der Waals surface area contributed by atoms with E-state index in [0.717, 1.165) is 29.0 Å². The monoisotopic (exact) mass is 297 g/mol. The lowest BCUT2D eigenvalue weighted by molar-refractivity contribution is 0.198. The highest BCUT2D eigenvalue weighted by atomic mass is 79.9. The Kier molecular flexibility index (Phi) is 4.10. The number of anilines is 1. The maximum absolute atomic E-state index is 9.60. The zero-order chi connectivity index (χ0) is 12.4. The number of halogens is 1. The summed E-state index contributed by atoms with van der Waals surface area (Å²) in [7, 11) is 0. The predicted octanol–water partition coefficient (Wildman–Crippen LogP) is 3.74. The second-order valence-electron chi connectivity index (χ2n) is 4.86. The van der Waals surface area contributed by atoms with Crippen molar-refractivity contribution in [3.63, 3.8) is 0 Å². The minimum Gasteiger partial charge on any atom is -0.389 e. The van der Waals surface area contributed by atoms with Crippen LogP contribution in [0.1, 0.15) is 38.4 Å². The largest absolute Gasteiger partial charge is 0.389 e. The normalized spacial score (nSPS) is 16.9. The van der Waals surface area contributed by atoms with Crippen molar-refractivity contribution in [2.45, 2.75) is 32.8 Å². The molecule has 0 spiro atoms. The number of aliphatic hydroxyl groups excluding tert-OH is 1. The molecular formula is C14H20BrNO. The van der Waals surface area contributed by atoms with Gasteiger partial charge in [-0.3, -0.25) is 0 Å². The Labute approximate surface area is 112 Å². The van der Waals surface area contributed by atoms with Crippen molar-refractivity contribution in [3.8, 4) is 0 Å². The summed E-state index contributed by atoms with van der Waals surface area (Å²) in [6.45, 7) is 6.19. The van der Waals surface area contributed by atoms with E-state index in [1.807, 2.05) is 6.07 Å². The lowest BCUT2D eigenvalue weighted by Crippen LogP contribution is -2.25. The van der Waals surface area contributed by atoms with Crippen molar-refractivity contribution in [2.24, 2.45) is 5.92 Å². The first-order chi connectivity index (χ1) is 8.11. The van der Waals surface area contributed by atoms with Gasteiger partial charge in [-0.15, -0.1) is 0 Å². The molecule has 0 aliphatic heterocycles. The summed E-state index contributed by atoms with van der Waals surface area (Å²) in [5, 5.41) is 9.60. The first-order valence-electron chi connectivity index (χ1n) is 6.34. The number of nitrogens with zero attached hydrogens (tertiary/aromatic N) is 1. The van der Waals surface area contributed by atoms with Crippen LogP contribution in [-0.2, 0) is 0 Å². The lowest BCUT2D eigenvalue weighted by atomic mass is 10.1. The van der Waals surface area contributed by atoms with E-state index in [2.05, 4.69) is 39.9 Å². The average molecular weight is 298 g/mol. The van der Waals surface area contributed by atoms with Gasteiger partial charge in [-0.05, 0) is 50.3 Å². The van der Waals surface area contributed by atoms with Crippen molar-refractivity contribution in [3.05, 3.63) is 28.2 Å². The van der Waals surface area contributed by atoms with Crippen molar-refractivity contribution in [1.29, 1.82) is 0 Å². The SMILES string of the molecule is CCN(CC1CC1)c1ccc([C@@H](C)O)c(Br)c1. The molecule has 1 aliphatic rings. The van der Waals surface area contributed by atoms with Gasteiger partial charge in [-0.25, -0.2) is 0 Å². The van der Waals surface area contributed by atoms with Crippen LogP contribution in [-0.4, -0.2) is 18.2 Å². The van der Waals surface area contributed by atoms with Gasteiger partial charge in [0, 0.05) is 23.2 Å². The van der Waals surface area contributed by atoms with Crippen LogP contribution < -0.4 is 4.90 Å². The van der Waals surface area contributed by atoms with Crippen molar-refractivity contribution < 1.29 is 5.11 Å². The number of rotatable bonds is 5. The molecule has 0 amide bonds. The van der Waals surface area contributed by atoms with E-state index >= 15 is 0 Å². The fourth-order valence-electron chi connectivity index (χ4n) is 2.08. The summed E-state index contributed by atoms with van der Waals surface area (Å²) in [5.74, 6) is 0.894. The Morgan fingerprint density at radius 2 is 2.18 bits per heavy atom. The molecule has 0 aromatic heterocycles. The quantitative estimate of drug-likeness (QED) is 0.895. The maximum atomic E-state index is 9.60. The molecule has 17 heavy (non-hydrogen) atoms. The molecule has 0 bridgehead atoms. The Bertz CT molecular complexity index is 388. The first kappa shape index (κ1) is 12.9. The van der Waals surface area contributed by atoms with Gasteiger partial charge in [0.25, 0.3) is 0 Å². The number of benzene rings is 1. The third-order valence-corrected chi connectivity index (χ3v) is 4.04. The van der Waals surface area contributed by atoms with E-state index in [4.69, 9.17) is 0 Å². The molecule has 0 radical (unpaired) electrons. The molecule has 1 atom stereocenters. The molecule has 1 fully saturated rings. The van der Waals surface area contributed by atoms with Gasteiger partial charge in [0.15, 0.2) is 0 Å². The third-order valence-electron chi connectivity index (χ3n) is 3.36. The molecule has 1 saturated carbocycles. The topological polar surface area (TPSA) is 23.5 Å². The molecule has 94 valence electrons. The molecule has 1 N–H and O–H groups in total. The Hall–Kier alpha value is -0.540. The summed E-state index contributed by atoms with van der Waals surface area (Å²) >= 11 is 3.54. The van der Waals surface area contributed by atoms with Crippen LogP contribution in [0, 0.1) is 5.92 Å². The molecular weight excluding hydrogens is 278 g/mol. The highest BCUT2D eigenvalue weighted by Crippen LogP contribution is 2.33. The summed E-state index contributed by atoms with van der Waals surface area (Å²) in [6.07, 6.45) is 2.34. The van der Waals surface area contributed by atoms with Crippen LogP contribution in [0.25, 0.3) is 0 Å². The molecule has 0 saturated heterocycles. The standard InChI is InChI=1S/C14H20BrNO/c1-3-16(9-11-4-5-11)12-6-7-13(10(2)17)14(15)8-12/h6-8,10-11,17H,3-5,9H2,1-2H3/t10-/m1/s1. The molecule has 3 heteroatoms. The van der Waals surface area contributed by atoms with Crippen LogP contribution >= 0.6 is 15.9 Å². The Balaban J connectivity index is 2.16. The molecule has 1 aliphatic carbocycles. The lowest BCUT2D eigenvalue weighted by Gasteiger charge is -2.24. The van der Waals surface area contributed by atoms with Crippen molar-refractivity contribution in [1.82, 2.24) is 0 Å². The van der Waals surface area contributed by atoms with Gasteiger partial charge < -0.3 is 10.0 Å². The van der Waals surface area contributed by atoms with E-state index in [1.165, 1.54) is 18.5 Å². The Morgan fingerprint density at radius 1 is 1.47 bits per heavy atom. The summed E-state index contributed by atoms with van der Waals surface area (Å²) in [4.78, 5) is 2.41. The van der Waals surface area contributed by atoms with Gasteiger partial charge in [0.2, 0.25) is 0 Å². The Morgan fingerprint density at radius 3 is 2.65 bits per heavy atom. The van der Waals surface area contributed by atoms with Crippen molar-refractivity contribution >= 4 is 21.6 Å². The third kappa shape index (κ3) is 3.23. The molecule has 0 unspecified atom stereocenters. The minimum atomic E-state index is -0.420. The minimum absolute atomic E-state index is 0.420. The summed E-state index contributed by atoms with van der Waals surface area (Å²) < 4.78 is 0.999. The molecule has 0 heterocycles. The predicted molar refractivity (Wildman–Crippen MR) is 75.4 cm³/mol. The summed E-state index contributed by atoms with van der Waals surface area (Å²) in [6, 6.07) is 6.24. The zero-order valence-electron chi connectivity index (χ0n) is 10.5. The molecule has 2 nitrogen and oxygen atoms in total. The smallest absolute Gasteiger partial charge is 0.0772 e. The van der Waals surface area contributed by atoms with E-state index in [1.54, 1.807) is 6.92 Å². The average Bonchev–Trinajstić information content (AvgIpc) is 3.09. The second kappa shape index (κ2) is 5.40. The van der Waals surface area contributed by atoms with Gasteiger partial charge in [0.1, 0.15) is 0 Å². The number of hydrogen-bond acceptors (Lipinski definition) is 2. The van der Waals surface area contributed by atoms with Gasteiger partial charge >= 0.3 is 0 Å². The number of hydrogen-bond donors (Lipinski definition) is 1. The van der Waals surface area contributed by atoms with Gasteiger partial charge in [-0.2, -0.15) is 0 Å². The molecule has 1 aromatic carbocycles. The van der Waals surface area contributed by atoms with Gasteiger partial charge in [0.05, 0.1) is 6.10 Å². The van der Waals surface area contributed by atoms with E-state index < -0.39 is 6.10 Å². The van der Waals surface area contributed by atoms with Crippen molar-refractivity contribution in [2.75, 3.05) is 18.0 Å². The fourth-order valence-corrected chi connectivity index (χ4v) is 2.78. The zero-order valence-corrected chi connectivity index (χ0v) is 12.1. The van der Waals surface area contributed by atoms with Crippen LogP contribution in [0.3, 0.4) is 0 Å². The van der Waals surface area contributed by atoms with Crippen LogP contribution in [0.4, 0.5) is 5.69 Å². The van der Waals surface area contributed by atoms with E-state index in [-0.39, 0.29) is 0 Å². The highest BCUT2D eigenvalue weighted by molar-refractivity contribution is 9.10. The fraction of sp³-hybridized carbons (Fsp3) is 0.571. The first-order valence-corrected chi connectivity index (χ1v) is 7.13. The van der Waals surface area contributed by atoms with Gasteiger partial charge in [-0.1, -0.05) is 22.0 Å². The van der Waals surface area contributed by atoms with E-state index in [9.17, 15) is 5.11 Å². The molecule has 2 rings (SSSR count). The number of aliphatic hydroxyl groups is 1. The van der Waals surface area contributed by atoms with E-state index in [0.29, 0.717) is 0 Å². The summed E-state index contributed by atoms with van der Waals surface area (Å²) in [5.41, 5.74) is 2.20. The maximum Gasteiger partial charge on any atom is 0.0772 e.